The Morgan fingerprint density at radius 3 is 1.36 bits per heavy atom. The van der Waals surface area contributed by atoms with Crippen molar-refractivity contribution in [1.82, 2.24) is 0 Å². The van der Waals surface area contributed by atoms with Gasteiger partial charge in [-0.1, -0.05) is 134 Å². The van der Waals surface area contributed by atoms with Crippen LogP contribution in [0, 0.1) is 0 Å². The number of ether oxygens (including phenoxy) is 3. The van der Waals surface area contributed by atoms with E-state index < -0.39 is 12.1 Å². The third-order valence-corrected chi connectivity index (χ3v) is 8.18. The Bertz CT molecular complexity index is 815. The molecule has 0 radical (unpaired) electrons. The summed E-state index contributed by atoms with van der Waals surface area (Å²) >= 11 is 0. The first kappa shape index (κ1) is 44.6. The maximum Gasteiger partial charge on any atom is 0.306 e. The molecule has 0 aromatic heterocycles. The Balaban J connectivity index is 3.90. The van der Waals surface area contributed by atoms with Crippen molar-refractivity contribution in [2.45, 2.75) is 194 Å². The Morgan fingerprint density at radius 1 is 0.468 bits per heavy atom. The zero-order valence-electron chi connectivity index (χ0n) is 30.8. The summed E-state index contributed by atoms with van der Waals surface area (Å²) in [6, 6.07) is 0. The highest BCUT2D eigenvalue weighted by Crippen LogP contribution is 2.12. The first-order valence-corrected chi connectivity index (χ1v) is 19.4. The van der Waals surface area contributed by atoms with Crippen molar-refractivity contribution in [3.8, 4) is 0 Å². The summed E-state index contributed by atoms with van der Waals surface area (Å²) in [7, 11) is 0. The molecule has 0 saturated carbocycles. The van der Waals surface area contributed by atoms with Crippen molar-refractivity contribution in [2.24, 2.45) is 0 Å². The van der Waals surface area contributed by atoms with E-state index in [0.717, 1.165) is 70.6 Å². The van der Waals surface area contributed by atoms with E-state index in [4.69, 9.17) is 14.2 Å². The van der Waals surface area contributed by atoms with Crippen molar-refractivity contribution in [1.29, 1.82) is 0 Å². The number of rotatable bonds is 34. The van der Waals surface area contributed by atoms with Gasteiger partial charge in [0.2, 0.25) is 0 Å². The Morgan fingerprint density at radius 2 is 0.851 bits per heavy atom. The van der Waals surface area contributed by atoms with Gasteiger partial charge in [0.15, 0.2) is 6.10 Å². The predicted octanol–water partition coefficient (Wildman–Crippen LogP) is 11.9. The van der Waals surface area contributed by atoms with Crippen LogP contribution in [0.2, 0.25) is 0 Å². The molecule has 0 spiro atoms. The topological polar surface area (TPSA) is 78.9 Å². The first-order chi connectivity index (χ1) is 23.0. The first-order valence-electron chi connectivity index (χ1n) is 19.4. The quantitative estimate of drug-likeness (QED) is 0.0296. The number of hydrogen-bond acceptors (Lipinski definition) is 6. The van der Waals surface area contributed by atoms with Gasteiger partial charge in [0.05, 0.1) is 0 Å². The fraction of sp³-hybridized carbons (Fsp3) is 0.780. The monoisotopic (exact) mass is 661 g/mol. The highest BCUT2D eigenvalue weighted by Gasteiger charge is 2.18. The van der Waals surface area contributed by atoms with Gasteiger partial charge in [0.1, 0.15) is 13.2 Å². The second-order valence-corrected chi connectivity index (χ2v) is 12.9. The Kier molecular flexibility index (Phi) is 34.6. The third kappa shape index (κ3) is 36.3. The molecule has 0 aromatic carbocycles. The van der Waals surface area contributed by atoms with Gasteiger partial charge in [-0.25, -0.2) is 0 Å². The van der Waals surface area contributed by atoms with Gasteiger partial charge >= 0.3 is 17.9 Å². The molecule has 0 aliphatic rings. The Labute approximate surface area is 289 Å². The second kappa shape index (κ2) is 36.5. The number of allylic oxidation sites excluding steroid dienone is 6. The third-order valence-electron chi connectivity index (χ3n) is 8.18. The van der Waals surface area contributed by atoms with Crippen molar-refractivity contribution < 1.29 is 28.6 Å². The van der Waals surface area contributed by atoms with Crippen LogP contribution in [0.25, 0.3) is 0 Å². The van der Waals surface area contributed by atoms with Gasteiger partial charge in [-0.2, -0.15) is 0 Å². The lowest BCUT2D eigenvalue weighted by Crippen LogP contribution is -2.30. The van der Waals surface area contributed by atoms with Crippen LogP contribution in [0.4, 0.5) is 0 Å². The van der Waals surface area contributed by atoms with Gasteiger partial charge in [-0.05, 0) is 70.6 Å². The van der Waals surface area contributed by atoms with Gasteiger partial charge in [-0.3, -0.25) is 14.4 Å². The molecule has 0 unspecified atom stereocenters. The summed E-state index contributed by atoms with van der Waals surface area (Å²) < 4.78 is 15.9. The van der Waals surface area contributed by atoms with Crippen LogP contribution < -0.4 is 0 Å². The van der Waals surface area contributed by atoms with E-state index in [-0.39, 0.29) is 25.2 Å². The molecule has 0 aliphatic heterocycles. The maximum absolute atomic E-state index is 12.4. The molecule has 0 bridgehead atoms. The average molecular weight is 661 g/mol. The minimum absolute atomic E-state index is 0.0922. The molecule has 1 atom stereocenters. The minimum atomic E-state index is -0.776. The minimum Gasteiger partial charge on any atom is -0.462 e. The normalized spacial score (nSPS) is 12.3. The summed E-state index contributed by atoms with van der Waals surface area (Å²) in [6.07, 6.45) is 41.5. The molecule has 0 rings (SSSR count). The molecule has 6 nitrogen and oxygen atoms in total. The fourth-order valence-electron chi connectivity index (χ4n) is 5.25. The Hall–Kier alpha value is -2.37. The van der Waals surface area contributed by atoms with Gasteiger partial charge in [-0.15, -0.1) is 0 Å². The summed E-state index contributed by atoms with van der Waals surface area (Å²) in [5.74, 6) is -1.11. The van der Waals surface area contributed by atoms with E-state index in [0.29, 0.717) is 12.8 Å². The number of carbonyl (C=O) groups excluding carboxylic acids is 3. The molecule has 6 heteroatoms. The highest BCUT2D eigenvalue weighted by molar-refractivity contribution is 5.70. The van der Waals surface area contributed by atoms with E-state index in [1.54, 1.807) is 0 Å². The summed E-state index contributed by atoms with van der Waals surface area (Å²) in [5.41, 5.74) is 0. The molecular weight excluding hydrogens is 588 g/mol. The van der Waals surface area contributed by atoms with E-state index in [1.165, 1.54) is 90.4 Å². The molecular formula is C41H72O6. The smallest absolute Gasteiger partial charge is 0.306 e. The van der Waals surface area contributed by atoms with Crippen LogP contribution in [0.3, 0.4) is 0 Å². The van der Waals surface area contributed by atoms with E-state index in [9.17, 15) is 14.4 Å². The lowest BCUT2D eigenvalue weighted by Gasteiger charge is -2.17. The zero-order chi connectivity index (χ0) is 34.5. The second-order valence-electron chi connectivity index (χ2n) is 12.9. The molecule has 47 heavy (non-hydrogen) atoms. The maximum atomic E-state index is 12.4. The van der Waals surface area contributed by atoms with Gasteiger partial charge in [0.25, 0.3) is 0 Å². The molecule has 0 amide bonds. The molecule has 0 aliphatic carbocycles. The van der Waals surface area contributed by atoms with Crippen LogP contribution in [0.1, 0.15) is 188 Å². The molecule has 0 saturated heterocycles. The molecule has 0 fully saturated rings. The van der Waals surface area contributed by atoms with Crippen molar-refractivity contribution >= 4 is 17.9 Å². The van der Waals surface area contributed by atoms with Crippen molar-refractivity contribution in [2.75, 3.05) is 13.2 Å². The van der Waals surface area contributed by atoms with Crippen molar-refractivity contribution in [3.63, 3.8) is 0 Å². The van der Waals surface area contributed by atoms with Crippen LogP contribution >= 0.6 is 0 Å². The number of esters is 3. The number of hydrogen-bond donors (Lipinski definition) is 0. The highest BCUT2D eigenvalue weighted by atomic mass is 16.6. The summed E-state index contributed by atoms with van der Waals surface area (Å²) in [6.45, 7) is 5.59. The standard InChI is InChI=1S/C41H72O6/c1-4-6-8-10-12-14-16-18-20-22-24-26-28-30-32-34-40(43)46-37-39(36-45-38(3)42)47-41(44)35-33-31-29-27-25-23-21-19-17-15-13-11-9-7-5-2/h13,15,18-21,39H,4-12,14,16-17,22-37H2,1-3H3/b15-13-,20-18-,21-19-/t39-/m1/s1. The number of unbranched alkanes of at least 4 members (excludes halogenated alkanes) is 19. The zero-order valence-corrected chi connectivity index (χ0v) is 30.8. The van der Waals surface area contributed by atoms with Crippen LogP contribution in [-0.4, -0.2) is 37.2 Å². The lowest BCUT2D eigenvalue weighted by atomic mass is 10.1. The molecule has 0 heterocycles. The molecule has 0 aromatic rings. The van der Waals surface area contributed by atoms with Crippen LogP contribution in [-0.2, 0) is 28.6 Å². The van der Waals surface area contributed by atoms with E-state index in [2.05, 4.69) is 50.3 Å². The van der Waals surface area contributed by atoms with Crippen LogP contribution in [0.5, 0.6) is 0 Å². The molecule has 0 N–H and O–H groups in total. The summed E-state index contributed by atoms with van der Waals surface area (Å²) in [4.78, 5) is 35.9. The average Bonchev–Trinajstić information content (AvgIpc) is 3.05. The van der Waals surface area contributed by atoms with Crippen molar-refractivity contribution in [3.05, 3.63) is 36.5 Å². The summed E-state index contributed by atoms with van der Waals surface area (Å²) in [5, 5.41) is 0. The molecule has 272 valence electrons. The predicted molar refractivity (Wildman–Crippen MR) is 196 cm³/mol. The van der Waals surface area contributed by atoms with Gasteiger partial charge < -0.3 is 14.2 Å². The van der Waals surface area contributed by atoms with Gasteiger partial charge in [0, 0.05) is 19.8 Å². The fourth-order valence-corrected chi connectivity index (χ4v) is 5.25. The van der Waals surface area contributed by atoms with Crippen LogP contribution in [0.15, 0.2) is 36.5 Å². The SMILES string of the molecule is CCCCC/C=C\C/C=C\CCCCCCCC(=O)O[C@H](COC(C)=O)COC(=O)CCCCCCC/C=C\CCCCCCCC. The van der Waals surface area contributed by atoms with E-state index in [1.807, 2.05) is 0 Å². The lowest BCUT2D eigenvalue weighted by molar-refractivity contribution is -0.166. The van der Waals surface area contributed by atoms with E-state index >= 15 is 0 Å². The number of carbonyl (C=O) groups is 3. The largest absolute Gasteiger partial charge is 0.462 e.